The highest BCUT2D eigenvalue weighted by atomic mass is 16.5. The lowest BCUT2D eigenvalue weighted by Gasteiger charge is -2.07. The first-order chi connectivity index (χ1) is 14.6. The highest BCUT2D eigenvalue weighted by molar-refractivity contribution is 5.61. The van der Waals surface area contributed by atoms with Gasteiger partial charge in [0.05, 0.1) is 19.9 Å². The second kappa shape index (κ2) is 8.20. The van der Waals surface area contributed by atoms with Gasteiger partial charge < -0.3 is 14.0 Å². The van der Waals surface area contributed by atoms with Crippen LogP contribution in [0.2, 0.25) is 0 Å². The van der Waals surface area contributed by atoms with Crippen molar-refractivity contribution in [2.24, 2.45) is 0 Å². The van der Waals surface area contributed by atoms with Crippen molar-refractivity contribution in [2.75, 3.05) is 14.2 Å². The quantitative estimate of drug-likeness (QED) is 0.487. The van der Waals surface area contributed by atoms with E-state index in [4.69, 9.17) is 14.0 Å². The van der Waals surface area contributed by atoms with Crippen molar-refractivity contribution in [2.45, 2.75) is 13.5 Å². The molecule has 0 N–H and O–H groups in total. The predicted octanol–water partition coefficient (Wildman–Crippen LogP) is 3.33. The molecule has 4 rings (SSSR count). The fraction of sp³-hybridized carbons (Fsp3) is 0.182. The standard InChI is InChI=1S/C22H20N4O4/c1-14-4-6-15(7-5-14)17-9-11-21(27)26(24-17)13-20-23-22(25-30-20)16-8-10-18(28-2)19(12-16)29-3/h4-12H,13H2,1-3H3. The molecule has 8 nitrogen and oxygen atoms in total. The molecule has 0 aliphatic carbocycles. The molecule has 0 bridgehead atoms. The van der Waals surface area contributed by atoms with E-state index >= 15 is 0 Å². The summed E-state index contributed by atoms with van der Waals surface area (Å²) < 4.78 is 17.2. The number of hydrogen-bond acceptors (Lipinski definition) is 7. The minimum Gasteiger partial charge on any atom is -0.493 e. The lowest BCUT2D eigenvalue weighted by Crippen LogP contribution is -2.23. The molecule has 0 saturated heterocycles. The predicted molar refractivity (Wildman–Crippen MR) is 111 cm³/mol. The number of aryl methyl sites for hydroxylation is 1. The average molecular weight is 404 g/mol. The van der Waals surface area contributed by atoms with Gasteiger partial charge in [-0.05, 0) is 31.2 Å². The summed E-state index contributed by atoms with van der Waals surface area (Å²) in [5.74, 6) is 1.82. The molecule has 0 aliphatic heterocycles. The Bertz CT molecular complexity index is 1230. The summed E-state index contributed by atoms with van der Waals surface area (Å²) in [7, 11) is 3.13. The Kier molecular flexibility index (Phi) is 5.30. The Balaban J connectivity index is 1.60. The first kappa shape index (κ1) is 19.4. The summed E-state index contributed by atoms with van der Waals surface area (Å²) in [6.07, 6.45) is 0. The third-order valence-electron chi connectivity index (χ3n) is 4.61. The van der Waals surface area contributed by atoms with Crippen LogP contribution in [0.3, 0.4) is 0 Å². The summed E-state index contributed by atoms with van der Waals surface area (Å²) in [6.45, 7) is 2.09. The van der Waals surface area contributed by atoms with E-state index in [9.17, 15) is 4.79 Å². The maximum atomic E-state index is 12.3. The zero-order valence-corrected chi connectivity index (χ0v) is 16.8. The lowest BCUT2D eigenvalue weighted by atomic mass is 10.1. The minimum absolute atomic E-state index is 0.0683. The average Bonchev–Trinajstić information content (AvgIpc) is 3.24. The van der Waals surface area contributed by atoms with E-state index in [0.717, 1.165) is 11.1 Å². The topological polar surface area (TPSA) is 92.3 Å². The van der Waals surface area contributed by atoms with Gasteiger partial charge in [0.25, 0.3) is 5.56 Å². The van der Waals surface area contributed by atoms with Crippen LogP contribution in [0.25, 0.3) is 22.6 Å². The van der Waals surface area contributed by atoms with Gasteiger partial charge in [0.1, 0.15) is 6.54 Å². The van der Waals surface area contributed by atoms with Gasteiger partial charge in [0.2, 0.25) is 11.7 Å². The molecule has 30 heavy (non-hydrogen) atoms. The van der Waals surface area contributed by atoms with Crippen LogP contribution in [0.15, 0.2) is 63.9 Å². The molecule has 0 aliphatic rings. The number of nitrogens with zero attached hydrogens (tertiary/aromatic N) is 4. The summed E-state index contributed by atoms with van der Waals surface area (Å²) in [5.41, 5.74) is 3.22. The van der Waals surface area contributed by atoms with E-state index < -0.39 is 0 Å². The van der Waals surface area contributed by atoms with Crippen molar-refractivity contribution in [1.29, 1.82) is 0 Å². The van der Waals surface area contributed by atoms with Crippen molar-refractivity contribution in [3.63, 3.8) is 0 Å². The van der Waals surface area contributed by atoms with Crippen LogP contribution in [-0.4, -0.2) is 34.1 Å². The SMILES string of the molecule is COc1ccc(-c2noc(Cn3nc(-c4ccc(C)cc4)ccc3=O)n2)cc1OC. The number of ether oxygens (including phenoxy) is 2. The maximum absolute atomic E-state index is 12.3. The molecule has 0 saturated carbocycles. The van der Waals surface area contributed by atoms with Crippen LogP contribution in [0.1, 0.15) is 11.5 Å². The lowest BCUT2D eigenvalue weighted by molar-refractivity contribution is 0.355. The largest absolute Gasteiger partial charge is 0.493 e. The van der Waals surface area contributed by atoms with Crippen molar-refractivity contribution in [3.8, 4) is 34.1 Å². The zero-order valence-electron chi connectivity index (χ0n) is 16.8. The summed E-state index contributed by atoms with van der Waals surface area (Å²) >= 11 is 0. The number of rotatable bonds is 6. The third kappa shape index (κ3) is 3.93. The monoisotopic (exact) mass is 404 g/mol. The molecular formula is C22H20N4O4. The van der Waals surface area contributed by atoms with Crippen molar-refractivity contribution in [1.82, 2.24) is 19.9 Å². The smallest absolute Gasteiger partial charge is 0.267 e. The van der Waals surface area contributed by atoms with E-state index in [1.807, 2.05) is 31.2 Å². The first-order valence-corrected chi connectivity index (χ1v) is 9.27. The van der Waals surface area contributed by atoms with Gasteiger partial charge in [-0.25, -0.2) is 4.68 Å². The molecular weight excluding hydrogens is 384 g/mol. The molecule has 4 aromatic rings. The van der Waals surface area contributed by atoms with Crippen molar-refractivity contribution < 1.29 is 14.0 Å². The minimum atomic E-state index is -0.253. The molecule has 2 aromatic heterocycles. The van der Waals surface area contributed by atoms with Crippen LogP contribution < -0.4 is 15.0 Å². The van der Waals surface area contributed by atoms with Crippen LogP contribution in [0, 0.1) is 6.92 Å². The van der Waals surface area contributed by atoms with E-state index in [1.54, 1.807) is 38.5 Å². The molecule has 0 amide bonds. The molecule has 8 heteroatoms. The first-order valence-electron chi connectivity index (χ1n) is 9.27. The molecule has 2 heterocycles. The van der Waals surface area contributed by atoms with Gasteiger partial charge in [-0.2, -0.15) is 10.1 Å². The van der Waals surface area contributed by atoms with Crippen molar-refractivity contribution in [3.05, 3.63) is 76.4 Å². The second-order valence-corrected chi connectivity index (χ2v) is 6.66. The Morgan fingerprint density at radius 2 is 1.67 bits per heavy atom. The number of hydrogen-bond donors (Lipinski definition) is 0. The van der Waals surface area contributed by atoms with Gasteiger partial charge in [0.15, 0.2) is 11.5 Å². The molecule has 0 fully saturated rings. The Morgan fingerprint density at radius 1 is 0.933 bits per heavy atom. The molecule has 0 radical (unpaired) electrons. The molecule has 0 unspecified atom stereocenters. The summed E-state index contributed by atoms with van der Waals surface area (Å²) in [6, 6.07) is 16.4. The molecule has 152 valence electrons. The number of benzene rings is 2. The van der Waals surface area contributed by atoms with E-state index in [2.05, 4.69) is 15.2 Å². The molecule has 0 spiro atoms. The maximum Gasteiger partial charge on any atom is 0.267 e. The van der Waals surface area contributed by atoms with Crippen LogP contribution in [-0.2, 0) is 6.54 Å². The zero-order chi connectivity index (χ0) is 21.1. The van der Waals surface area contributed by atoms with Gasteiger partial charge in [-0.1, -0.05) is 35.0 Å². The van der Waals surface area contributed by atoms with Gasteiger partial charge in [0, 0.05) is 17.2 Å². The van der Waals surface area contributed by atoms with E-state index in [-0.39, 0.29) is 18.0 Å². The fourth-order valence-corrected chi connectivity index (χ4v) is 2.98. The molecule has 2 aromatic carbocycles. The van der Waals surface area contributed by atoms with E-state index in [1.165, 1.54) is 10.7 Å². The van der Waals surface area contributed by atoms with Gasteiger partial charge in [-0.15, -0.1) is 0 Å². The molecule has 0 atom stereocenters. The Labute approximate surface area is 172 Å². The normalized spacial score (nSPS) is 10.8. The number of methoxy groups -OCH3 is 2. The van der Waals surface area contributed by atoms with Crippen molar-refractivity contribution >= 4 is 0 Å². The van der Waals surface area contributed by atoms with Crippen LogP contribution in [0.4, 0.5) is 0 Å². The second-order valence-electron chi connectivity index (χ2n) is 6.66. The Morgan fingerprint density at radius 3 is 2.40 bits per heavy atom. The summed E-state index contributed by atoms with van der Waals surface area (Å²) in [4.78, 5) is 16.7. The van der Waals surface area contributed by atoms with Crippen LogP contribution in [0.5, 0.6) is 11.5 Å². The van der Waals surface area contributed by atoms with Gasteiger partial charge in [-0.3, -0.25) is 4.79 Å². The highest BCUT2D eigenvalue weighted by Gasteiger charge is 2.14. The van der Waals surface area contributed by atoms with E-state index in [0.29, 0.717) is 28.6 Å². The van der Waals surface area contributed by atoms with Gasteiger partial charge >= 0.3 is 0 Å². The number of aromatic nitrogens is 4. The summed E-state index contributed by atoms with van der Waals surface area (Å²) in [5, 5.41) is 8.45. The van der Waals surface area contributed by atoms with Crippen LogP contribution >= 0.6 is 0 Å². The fourth-order valence-electron chi connectivity index (χ4n) is 2.98. The Hall–Kier alpha value is -3.94. The third-order valence-corrected chi connectivity index (χ3v) is 4.61. The highest BCUT2D eigenvalue weighted by Crippen LogP contribution is 2.31.